The fraction of sp³-hybridized carbons (Fsp3) is 0.174. The van der Waals surface area contributed by atoms with Crippen molar-refractivity contribution < 1.29 is 4.57 Å². The second-order valence-corrected chi connectivity index (χ2v) is 7.68. The molecule has 27 heavy (non-hydrogen) atoms. The summed E-state index contributed by atoms with van der Waals surface area (Å²) in [5, 5.41) is 1.24. The van der Waals surface area contributed by atoms with Gasteiger partial charge in [-0.15, -0.1) is 0 Å². The highest BCUT2D eigenvalue weighted by Crippen LogP contribution is 2.32. The van der Waals surface area contributed by atoms with Crippen molar-refractivity contribution >= 4 is 38.9 Å². The van der Waals surface area contributed by atoms with Gasteiger partial charge < -0.3 is 10.6 Å². The lowest BCUT2D eigenvalue weighted by Crippen LogP contribution is -2.28. The van der Waals surface area contributed by atoms with Gasteiger partial charge in [0.1, 0.15) is 11.7 Å². The molecule has 4 heteroatoms. The van der Waals surface area contributed by atoms with Crippen LogP contribution in [0.15, 0.2) is 73.0 Å². The number of aromatic nitrogens is 1. The van der Waals surface area contributed by atoms with E-state index in [-0.39, 0.29) is 0 Å². The fourth-order valence-electron chi connectivity index (χ4n) is 3.41. The third-order valence-electron chi connectivity index (χ3n) is 4.85. The van der Waals surface area contributed by atoms with Gasteiger partial charge in [0.2, 0.25) is 5.52 Å². The molecule has 0 amide bonds. The molecule has 1 aliphatic rings. The highest BCUT2D eigenvalue weighted by atomic mass is 32.1. The van der Waals surface area contributed by atoms with Gasteiger partial charge >= 0.3 is 0 Å². The van der Waals surface area contributed by atoms with Crippen molar-refractivity contribution in [1.82, 2.24) is 0 Å². The Morgan fingerprint density at radius 2 is 1.93 bits per heavy atom. The minimum atomic E-state index is 0.712. The van der Waals surface area contributed by atoms with Crippen LogP contribution in [0.5, 0.6) is 0 Å². The smallest absolute Gasteiger partial charge is 0.262 e. The van der Waals surface area contributed by atoms with Gasteiger partial charge in [-0.3, -0.25) is 0 Å². The number of benzene rings is 2. The number of hydrogen-bond donors (Lipinski definition) is 1. The van der Waals surface area contributed by atoms with Crippen LogP contribution in [-0.2, 0) is 7.05 Å². The first-order valence-electron chi connectivity index (χ1n) is 9.28. The van der Waals surface area contributed by atoms with Crippen molar-refractivity contribution in [1.29, 1.82) is 0 Å². The highest BCUT2D eigenvalue weighted by Gasteiger charge is 2.15. The average Bonchev–Trinajstić information content (AvgIpc) is 3.03. The molecule has 2 heterocycles. The zero-order chi connectivity index (χ0) is 18.6. The molecule has 4 rings (SSSR count). The van der Waals surface area contributed by atoms with E-state index in [1.807, 2.05) is 11.3 Å². The quantitative estimate of drug-likeness (QED) is 0.667. The molecule has 0 unspecified atom stereocenters. The Labute approximate surface area is 164 Å². The van der Waals surface area contributed by atoms with E-state index in [9.17, 15) is 0 Å². The van der Waals surface area contributed by atoms with Crippen LogP contribution in [0.3, 0.4) is 0 Å². The summed E-state index contributed by atoms with van der Waals surface area (Å²) in [7, 11) is 2.12. The summed E-state index contributed by atoms with van der Waals surface area (Å²) in [6.07, 6.45) is 11.9. The number of aryl methyl sites for hydroxylation is 1. The molecule has 1 aliphatic heterocycles. The van der Waals surface area contributed by atoms with Crippen molar-refractivity contribution in [3.05, 3.63) is 83.5 Å². The fourth-order valence-corrected chi connectivity index (χ4v) is 4.47. The summed E-state index contributed by atoms with van der Waals surface area (Å²) < 4.78 is 3.56. The molecule has 3 nitrogen and oxygen atoms in total. The van der Waals surface area contributed by atoms with Crippen molar-refractivity contribution in [2.75, 3.05) is 18.0 Å². The number of anilines is 1. The second-order valence-electron chi connectivity index (χ2n) is 6.62. The van der Waals surface area contributed by atoms with Crippen LogP contribution in [0.4, 0.5) is 5.69 Å². The van der Waals surface area contributed by atoms with Crippen LogP contribution < -0.4 is 15.2 Å². The van der Waals surface area contributed by atoms with E-state index in [4.69, 9.17) is 5.73 Å². The van der Waals surface area contributed by atoms with Gasteiger partial charge in [0, 0.05) is 36.1 Å². The number of allylic oxidation sites excluding steroid dienone is 4. The van der Waals surface area contributed by atoms with Gasteiger partial charge in [0.15, 0.2) is 0 Å². The maximum atomic E-state index is 5.68. The standard InChI is InChI=1S/C23H24N3S/c1-25-21-11-4-5-12-22(21)27-23(25)13-6-8-18-14-17-26(16-7-15-24)20-10-3-2-9-19(18)20/h2-6,8-14,17H,7,15-16,24H2,1H3/q+1. The van der Waals surface area contributed by atoms with Crippen LogP contribution in [-0.4, -0.2) is 13.1 Å². The molecule has 0 atom stereocenters. The maximum absolute atomic E-state index is 5.68. The molecular formula is C23H24N3S+. The molecular weight excluding hydrogens is 350 g/mol. The topological polar surface area (TPSA) is 33.1 Å². The predicted molar refractivity (Wildman–Crippen MR) is 117 cm³/mol. The zero-order valence-electron chi connectivity index (χ0n) is 15.5. The van der Waals surface area contributed by atoms with Crippen molar-refractivity contribution in [3.63, 3.8) is 0 Å². The zero-order valence-corrected chi connectivity index (χ0v) is 16.3. The normalized spacial score (nSPS) is 15.2. The number of rotatable bonds is 5. The second kappa shape index (κ2) is 7.91. The number of nitrogens with zero attached hydrogens (tertiary/aromatic N) is 2. The Morgan fingerprint density at radius 1 is 1.11 bits per heavy atom. The van der Waals surface area contributed by atoms with Crippen molar-refractivity contribution in [2.24, 2.45) is 12.8 Å². The van der Waals surface area contributed by atoms with Gasteiger partial charge in [-0.1, -0.05) is 53.8 Å². The molecule has 3 aromatic rings. The van der Waals surface area contributed by atoms with E-state index in [1.54, 1.807) is 0 Å². The molecule has 0 fully saturated rings. The highest BCUT2D eigenvalue weighted by molar-refractivity contribution is 7.18. The predicted octanol–water partition coefficient (Wildman–Crippen LogP) is 4.51. The third kappa shape index (κ3) is 3.59. The third-order valence-corrected chi connectivity index (χ3v) is 6.03. The van der Waals surface area contributed by atoms with Gasteiger partial charge in [-0.25, -0.2) is 0 Å². The number of hydrogen-bond acceptors (Lipinski definition) is 3. The first-order chi connectivity index (χ1) is 13.3. The van der Waals surface area contributed by atoms with Crippen LogP contribution >= 0.6 is 11.3 Å². The Bertz CT molecular complexity index is 1040. The number of fused-ring (bicyclic) bond motifs is 2. The Morgan fingerprint density at radius 3 is 2.78 bits per heavy atom. The molecule has 1 aromatic heterocycles. The van der Waals surface area contributed by atoms with Crippen LogP contribution in [0.1, 0.15) is 17.0 Å². The van der Waals surface area contributed by atoms with E-state index in [0.29, 0.717) is 6.54 Å². The Hall–Kier alpha value is -2.69. The molecule has 0 aliphatic carbocycles. The summed E-state index contributed by atoms with van der Waals surface area (Å²) in [6, 6.07) is 17.1. The lowest BCUT2D eigenvalue weighted by Gasteiger charge is -2.27. The summed E-state index contributed by atoms with van der Waals surface area (Å²) in [5.74, 6) is 0. The molecule has 0 saturated carbocycles. The Balaban J connectivity index is 1.62. The molecule has 0 radical (unpaired) electrons. The van der Waals surface area contributed by atoms with Crippen LogP contribution in [0.2, 0.25) is 0 Å². The lowest BCUT2D eigenvalue weighted by atomic mass is 9.99. The van der Waals surface area contributed by atoms with E-state index in [0.717, 1.165) is 13.0 Å². The molecule has 0 bridgehead atoms. The number of nitrogens with two attached hydrogens (primary N) is 1. The first kappa shape index (κ1) is 17.7. The SMILES string of the molecule is C[n+]1c(C=CC=C2C=CN(CCCN)c3ccccc32)sc2ccccc21. The van der Waals surface area contributed by atoms with E-state index in [2.05, 4.69) is 95.5 Å². The summed E-state index contributed by atoms with van der Waals surface area (Å²) in [5.41, 5.74) is 10.7. The molecule has 2 aromatic carbocycles. The maximum Gasteiger partial charge on any atom is 0.262 e. The monoisotopic (exact) mass is 374 g/mol. The van der Waals surface area contributed by atoms with Crippen molar-refractivity contribution in [2.45, 2.75) is 6.42 Å². The largest absolute Gasteiger partial charge is 0.347 e. The van der Waals surface area contributed by atoms with Gasteiger partial charge in [-0.05, 0) is 36.7 Å². The molecule has 0 saturated heterocycles. The van der Waals surface area contributed by atoms with Crippen LogP contribution in [0.25, 0.3) is 21.9 Å². The summed E-state index contributed by atoms with van der Waals surface area (Å²) >= 11 is 1.81. The first-order valence-corrected chi connectivity index (χ1v) is 10.1. The van der Waals surface area contributed by atoms with E-state index < -0.39 is 0 Å². The average molecular weight is 375 g/mol. The van der Waals surface area contributed by atoms with Crippen molar-refractivity contribution in [3.8, 4) is 0 Å². The van der Waals surface area contributed by atoms with E-state index in [1.165, 1.54) is 32.0 Å². The minimum absolute atomic E-state index is 0.712. The van der Waals surface area contributed by atoms with Crippen LogP contribution in [0, 0.1) is 0 Å². The summed E-state index contributed by atoms with van der Waals surface area (Å²) in [6.45, 7) is 1.66. The lowest BCUT2D eigenvalue weighted by molar-refractivity contribution is -0.642. The number of thiazole rings is 1. The van der Waals surface area contributed by atoms with Gasteiger partial charge in [0.25, 0.3) is 5.01 Å². The molecule has 0 spiro atoms. The number of para-hydroxylation sites is 2. The summed E-state index contributed by atoms with van der Waals surface area (Å²) in [4.78, 5) is 2.29. The Kier molecular flexibility index (Phi) is 5.19. The molecule has 2 N–H and O–H groups in total. The minimum Gasteiger partial charge on any atom is -0.347 e. The van der Waals surface area contributed by atoms with Gasteiger partial charge in [0.05, 0.1) is 0 Å². The van der Waals surface area contributed by atoms with Gasteiger partial charge in [-0.2, -0.15) is 4.57 Å². The van der Waals surface area contributed by atoms with E-state index >= 15 is 0 Å². The molecule has 136 valence electrons.